The Morgan fingerprint density at radius 3 is 3.00 bits per heavy atom. The molecule has 0 aromatic rings. The first-order valence-electron chi connectivity index (χ1n) is 4.57. The Morgan fingerprint density at radius 2 is 2.42 bits per heavy atom. The van der Waals surface area contributed by atoms with Crippen LogP contribution < -0.4 is 0 Å². The molecule has 0 aliphatic carbocycles. The Morgan fingerprint density at radius 1 is 1.67 bits per heavy atom. The lowest BCUT2D eigenvalue weighted by Crippen LogP contribution is -2.39. The number of halogens is 1. The topological polar surface area (TPSA) is 20.3 Å². The van der Waals surface area contributed by atoms with E-state index >= 15 is 0 Å². The standard InChI is InChI=1S/C9H16ClNO/c1-8-3-2-6-11(7-8)9(12)4-5-10/h8H,2-7H2,1H3/t8-/m0/s1. The summed E-state index contributed by atoms with van der Waals surface area (Å²) < 4.78 is 0. The average Bonchev–Trinajstić information content (AvgIpc) is 2.05. The number of nitrogens with zero attached hydrogens (tertiary/aromatic N) is 1. The molecule has 1 atom stereocenters. The van der Waals surface area contributed by atoms with Crippen LogP contribution in [-0.4, -0.2) is 29.8 Å². The van der Waals surface area contributed by atoms with Gasteiger partial charge < -0.3 is 4.90 Å². The van der Waals surface area contributed by atoms with Gasteiger partial charge in [-0.1, -0.05) is 6.92 Å². The van der Waals surface area contributed by atoms with Crippen molar-refractivity contribution in [2.75, 3.05) is 19.0 Å². The van der Waals surface area contributed by atoms with E-state index in [0.717, 1.165) is 19.5 Å². The Kier molecular flexibility index (Phi) is 3.86. The highest BCUT2D eigenvalue weighted by Gasteiger charge is 2.19. The molecule has 0 aromatic heterocycles. The maximum atomic E-state index is 11.4. The van der Waals surface area contributed by atoms with Crippen molar-refractivity contribution in [3.8, 4) is 0 Å². The second-order valence-electron chi connectivity index (χ2n) is 3.53. The van der Waals surface area contributed by atoms with E-state index in [1.54, 1.807) is 0 Å². The lowest BCUT2D eigenvalue weighted by molar-refractivity contribution is -0.132. The molecule has 1 saturated heterocycles. The molecular formula is C9H16ClNO. The second-order valence-corrected chi connectivity index (χ2v) is 3.90. The van der Waals surface area contributed by atoms with Gasteiger partial charge in [0.2, 0.25) is 5.91 Å². The average molecular weight is 190 g/mol. The van der Waals surface area contributed by atoms with Crippen LogP contribution in [-0.2, 0) is 4.79 Å². The summed E-state index contributed by atoms with van der Waals surface area (Å²) >= 11 is 5.50. The van der Waals surface area contributed by atoms with E-state index in [0.29, 0.717) is 18.2 Å². The minimum Gasteiger partial charge on any atom is -0.342 e. The van der Waals surface area contributed by atoms with Crippen molar-refractivity contribution in [1.29, 1.82) is 0 Å². The molecule has 1 aliphatic heterocycles. The number of amides is 1. The van der Waals surface area contributed by atoms with E-state index in [2.05, 4.69) is 6.92 Å². The molecular weight excluding hydrogens is 174 g/mol. The first-order chi connectivity index (χ1) is 5.74. The van der Waals surface area contributed by atoms with Gasteiger partial charge in [-0.15, -0.1) is 11.6 Å². The molecule has 0 unspecified atom stereocenters. The molecule has 0 bridgehead atoms. The summed E-state index contributed by atoms with van der Waals surface area (Å²) in [4.78, 5) is 13.3. The van der Waals surface area contributed by atoms with Gasteiger partial charge in [-0.3, -0.25) is 4.79 Å². The summed E-state index contributed by atoms with van der Waals surface area (Å²) in [5.74, 6) is 1.33. The lowest BCUT2D eigenvalue weighted by Gasteiger charge is -2.30. The summed E-state index contributed by atoms with van der Waals surface area (Å²) in [7, 11) is 0. The van der Waals surface area contributed by atoms with Gasteiger partial charge in [-0.25, -0.2) is 0 Å². The van der Waals surface area contributed by atoms with E-state index in [4.69, 9.17) is 11.6 Å². The van der Waals surface area contributed by atoms with Gasteiger partial charge in [-0.05, 0) is 18.8 Å². The predicted octanol–water partition coefficient (Wildman–Crippen LogP) is 1.87. The number of rotatable bonds is 2. The summed E-state index contributed by atoms with van der Waals surface area (Å²) in [5, 5.41) is 0. The number of hydrogen-bond acceptors (Lipinski definition) is 1. The highest BCUT2D eigenvalue weighted by Crippen LogP contribution is 2.15. The third kappa shape index (κ3) is 2.67. The third-order valence-electron chi connectivity index (χ3n) is 2.32. The molecule has 2 nitrogen and oxygen atoms in total. The van der Waals surface area contributed by atoms with Crippen LogP contribution in [0, 0.1) is 5.92 Å². The van der Waals surface area contributed by atoms with Gasteiger partial charge in [0.15, 0.2) is 0 Å². The Labute approximate surface area is 78.9 Å². The van der Waals surface area contributed by atoms with Crippen molar-refractivity contribution in [2.45, 2.75) is 26.2 Å². The van der Waals surface area contributed by atoms with E-state index < -0.39 is 0 Å². The number of carbonyl (C=O) groups excluding carboxylic acids is 1. The van der Waals surface area contributed by atoms with Crippen molar-refractivity contribution in [2.24, 2.45) is 5.92 Å². The number of piperidine rings is 1. The third-order valence-corrected chi connectivity index (χ3v) is 2.51. The maximum Gasteiger partial charge on any atom is 0.223 e. The van der Waals surface area contributed by atoms with Crippen LogP contribution in [0.1, 0.15) is 26.2 Å². The molecule has 0 radical (unpaired) electrons. The molecule has 1 amide bonds. The van der Waals surface area contributed by atoms with E-state index in [1.807, 2.05) is 4.90 Å². The molecule has 1 aliphatic rings. The fraction of sp³-hybridized carbons (Fsp3) is 0.889. The van der Waals surface area contributed by atoms with E-state index in [1.165, 1.54) is 6.42 Å². The highest BCUT2D eigenvalue weighted by atomic mass is 35.5. The second kappa shape index (κ2) is 4.70. The van der Waals surface area contributed by atoms with Crippen molar-refractivity contribution < 1.29 is 4.79 Å². The smallest absolute Gasteiger partial charge is 0.223 e. The van der Waals surface area contributed by atoms with Crippen LogP contribution in [0.15, 0.2) is 0 Å². The fourth-order valence-electron chi connectivity index (χ4n) is 1.65. The summed E-state index contributed by atoms with van der Waals surface area (Å²) in [5.41, 5.74) is 0. The van der Waals surface area contributed by atoms with Crippen LogP contribution >= 0.6 is 11.6 Å². The van der Waals surface area contributed by atoms with Crippen molar-refractivity contribution in [1.82, 2.24) is 4.90 Å². The molecule has 0 spiro atoms. The quantitative estimate of drug-likeness (QED) is 0.608. The van der Waals surface area contributed by atoms with Crippen molar-refractivity contribution >= 4 is 17.5 Å². The molecule has 0 aromatic carbocycles. The molecule has 1 rings (SSSR count). The summed E-state index contributed by atoms with van der Waals surface area (Å²) in [6, 6.07) is 0. The van der Waals surface area contributed by atoms with Gasteiger partial charge in [0.25, 0.3) is 0 Å². The Balaban J connectivity index is 2.35. The fourth-order valence-corrected chi connectivity index (χ4v) is 1.82. The van der Waals surface area contributed by atoms with Gasteiger partial charge in [0.05, 0.1) is 0 Å². The molecule has 1 fully saturated rings. The maximum absolute atomic E-state index is 11.4. The Hall–Kier alpha value is -0.240. The van der Waals surface area contributed by atoms with Gasteiger partial charge >= 0.3 is 0 Å². The molecule has 0 saturated carbocycles. The lowest BCUT2D eigenvalue weighted by atomic mass is 10.0. The zero-order chi connectivity index (χ0) is 8.97. The van der Waals surface area contributed by atoms with Crippen LogP contribution in [0.5, 0.6) is 0 Å². The predicted molar refractivity (Wildman–Crippen MR) is 50.3 cm³/mol. The number of carbonyl (C=O) groups is 1. The van der Waals surface area contributed by atoms with Crippen LogP contribution in [0.4, 0.5) is 0 Å². The number of hydrogen-bond donors (Lipinski definition) is 0. The van der Waals surface area contributed by atoms with Crippen LogP contribution in [0.25, 0.3) is 0 Å². The minimum absolute atomic E-state index is 0.219. The van der Waals surface area contributed by atoms with Crippen molar-refractivity contribution in [3.63, 3.8) is 0 Å². The molecule has 12 heavy (non-hydrogen) atoms. The molecule has 3 heteroatoms. The monoisotopic (exact) mass is 189 g/mol. The first kappa shape index (κ1) is 9.85. The normalized spacial score (nSPS) is 24.2. The first-order valence-corrected chi connectivity index (χ1v) is 5.11. The Bertz CT molecular complexity index is 161. The summed E-state index contributed by atoms with van der Waals surface area (Å²) in [6.45, 7) is 4.05. The molecule has 1 heterocycles. The molecule has 0 N–H and O–H groups in total. The largest absolute Gasteiger partial charge is 0.342 e. The highest BCUT2D eigenvalue weighted by molar-refractivity contribution is 6.18. The van der Waals surface area contributed by atoms with E-state index in [-0.39, 0.29) is 5.91 Å². The minimum atomic E-state index is 0.219. The number of likely N-dealkylation sites (tertiary alicyclic amines) is 1. The van der Waals surface area contributed by atoms with Gasteiger partial charge in [-0.2, -0.15) is 0 Å². The van der Waals surface area contributed by atoms with Gasteiger partial charge in [0, 0.05) is 25.4 Å². The zero-order valence-corrected chi connectivity index (χ0v) is 8.31. The zero-order valence-electron chi connectivity index (χ0n) is 7.55. The van der Waals surface area contributed by atoms with Crippen molar-refractivity contribution in [3.05, 3.63) is 0 Å². The van der Waals surface area contributed by atoms with E-state index in [9.17, 15) is 4.79 Å². The van der Waals surface area contributed by atoms with Crippen LogP contribution in [0.3, 0.4) is 0 Å². The summed E-state index contributed by atoms with van der Waals surface area (Å²) in [6.07, 6.45) is 2.90. The van der Waals surface area contributed by atoms with Crippen LogP contribution in [0.2, 0.25) is 0 Å². The van der Waals surface area contributed by atoms with Gasteiger partial charge in [0.1, 0.15) is 0 Å². The SMILES string of the molecule is C[C@H]1CCCN(C(=O)CCCl)C1. The number of alkyl halides is 1. The molecule has 70 valence electrons.